The predicted molar refractivity (Wildman–Crippen MR) is 202 cm³/mol. The molecule has 2 N–H and O–H groups in total. The van der Waals surface area contributed by atoms with E-state index in [0.29, 0.717) is 30.1 Å². The van der Waals surface area contributed by atoms with Crippen LogP contribution in [0, 0.1) is 11.3 Å². The number of nitrogens with zero attached hydrogens (tertiary/aromatic N) is 7. The quantitative estimate of drug-likeness (QED) is 0.240. The molecule has 16 heteroatoms. The van der Waals surface area contributed by atoms with Gasteiger partial charge in [-0.3, -0.25) is 49.1 Å². The molecule has 1 saturated carbocycles. The summed E-state index contributed by atoms with van der Waals surface area (Å²) in [6.45, 7) is 11.5. The minimum atomic E-state index is -0.774. The highest BCUT2D eigenvalue weighted by atomic mass is 35.5. The Kier molecular flexibility index (Phi) is 12.1. The van der Waals surface area contributed by atoms with Crippen molar-refractivity contribution in [1.82, 2.24) is 30.0 Å². The van der Waals surface area contributed by atoms with Gasteiger partial charge in [0, 0.05) is 44.2 Å². The summed E-state index contributed by atoms with van der Waals surface area (Å²) in [5.74, 6) is -1.28. The van der Waals surface area contributed by atoms with Gasteiger partial charge < -0.3 is 10.1 Å². The number of carbonyl (C=O) groups is 4. The molecule has 2 aromatic heterocycles. The van der Waals surface area contributed by atoms with Gasteiger partial charge in [-0.2, -0.15) is 5.26 Å². The van der Waals surface area contributed by atoms with E-state index < -0.39 is 17.0 Å². The number of pyridine rings is 2. The Hall–Kier alpha value is -3.65. The summed E-state index contributed by atoms with van der Waals surface area (Å²) in [4.78, 5) is 67.2. The summed E-state index contributed by atoms with van der Waals surface area (Å²) in [7, 11) is 0. The first kappa shape index (κ1) is 39.1. The molecule has 4 amide bonds. The molecule has 0 radical (unpaired) electrons. The van der Waals surface area contributed by atoms with Gasteiger partial charge in [0.15, 0.2) is 5.69 Å². The van der Waals surface area contributed by atoms with Gasteiger partial charge in [-0.1, -0.05) is 11.6 Å². The van der Waals surface area contributed by atoms with Crippen molar-refractivity contribution < 1.29 is 23.9 Å². The minimum absolute atomic E-state index is 0.0849. The van der Waals surface area contributed by atoms with Crippen LogP contribution in [-0.2, 0) is 23.9 Å². The molecule has 284 valence electrons. The van der Waals surface area contributed by atoms with E-state index in [0.717, 1.165) is 45.3 Å². The summed E-state index contributed by atoms with van der Waals surface area (Å²) in [6, 6.07) is 7.53. The van der Waals surface area contributed by atoms with Gasteiger partial charge in [0.25, 0.3) is 0 Å². The maximum Gasteiger partial charge on any atom is 0.249 e. The van der Waals surface area contributed by atoms with E-state index >= 15 is 0 Å². The Morgan fingerprint density at radius 2 is 1.81 bits per heavy atom. The van der Waals surface area contributed by atoms with Crippen molar-refractivity contribution in [2.24, 2.45) is 0 Å². The van der Waals surface area contributed by atoms with Crippen LogP contribution < -0.4 is 15.5 Å². The number of anilines is 2. The monoisotopic (exact) mass is 765 g/mol. The lowest BCUT2D eigenvalue weighted by molar-refractivity contribution is -0.134. The standard InChI is InChI=1S/C37H48ClN9O5S/c1-22-19-44(20-23(2)45(22)21-33(49)42-24-5-11-30(40-17-24)28-10-12-32(48)43-34(28)50)13-14-52-27-8-6-25(7-9-27)47-36(53)46(35(51)37(47,3)4)26-15-29(38)31(16-39)41-18-26/h5,11,15,17-18,22-23,25,27-28,36,53H,6-10,12-14,19-21H2,1-4H3,(H,42,49)(H,43,48,50)/t22-,23+,25?,27?,28?,36?. The van der Waals surface area contributed by atoms with E-state index in [4.69, 9.17) is 29.0 Å². The minimum Gasteiger partial charge on any atom is -0.377 e. The fourth-order valence-electron chi connectivity index (χ4n) is 8.29. The summed E-state index contributed by atoms with van der Waals surface area (Å²) >= 11 is 11.1. The van der Waals surface area contributed by atoms with Crippen LogP contribution in [0.4, 0.5) is 11.4 Å². The second-order valence-corrected chi connectivity index (χ2v) is 15.9. The van der Waals surface area contributed by atoms with Gasteiger partial charge in [-0.05, 0) is 78.0 Å². The molecule has 0 bridgehead atoms. The molecule has 6 rings (SSSR count). The van der Waals surface area contributed by atoms with E-state index in [1.807, 2.05) is 19.9 Å². The molecular weight excluding hydrogens is 718 g/mol. The molecule has 4 aliphatic rings. The number of rotatable bonds is 10. The van der Waals surface area contributed by atoms with E-state index in [1.54, 1.807) is 29.3 Å². The Morgan fingerprint density at radius 1 is 1.09 bits per heavy atom. The van der Waals surface area contributed by atoms with Crippen molar-refractivity contribution in [2.45, 2.75) is 107 Å². The van der Waals surface area contributed by atoms with Crippen molar-refractivity contribution in [3.05, 3.63) is 47.0 Å². The van der Waals surface area contributed by atoms with E-state index in [9.17, 15) is 24.4 Å². The van der Waals surface area contributed by atoms with Crippen LogP contribution in [0.2, 0.25) is 5.02 Å². The van der Waals surface area contributed by atoms with Crippen molar-refractivity contribution >= 4 is 59.2 Å². The van der Waals surface area contributed by atoms with Crippen LogP contribution in [-0.4, -0.2) is 116 Å². The van der Waals surface area contributed by atoms with Crippen LogP contribution in [0.1, 0.15) is 83.5 Å². The average Bonchev–Trinajstić information content (AvgIpc) is 3.29. The van der Waals surface area contributed by atoms with Crippen LogP contribution in [0.15, 0.2) is 30.6 Å². The first-order chi connectivity index (χ1) is 25.3. The van der Waals surface area contributed by atoms with Crippen molar-refractivity contribution in [3.63, 3.8) is 0 Å². The third-order valence-electron chi connectivity index (χ3n) is 11.0. The number of nitrogens with one attached hydrogen (secondary N) is 2. The molecule has 4 fully saturated rings. The molecule has 2 unspecified atom stereocenters. The number of piperidine rings is 1. The Bertz CT molecular complexity index is 1740. The van der Waals surface area contributed by atoms with Crippen LogP contribution in [0.5, 0.6) is 0 Å². The van der Waals surface area contributed by atoms with Gasteiger partial charge in [-0.15, -0.1) is 12.6 Å². The molecule has 14 nitrogen and oxygen atoms in total. The average molecular weight is 766 g/mol. The first-order valence-electron chi connectivity index (χ1n) is 18.3. The molecule has 2 aromatic rings. The number of hydrogen-bond donors (Lipinski definition) is 3. The molecule has 5 heterocycles. The normalized spacial score (nSPS) is 28.5. The molecule has 4 atom stereocenters. The Morgan fingerprint density at radius 3 is 2.43 bits per heavy atom. The zero-order valence-electron chi connectivity index (χ0n) is 30.6. The first-order valence-corrected chi connectivity index (χ1v) is 19.2. The van der Waals surface area contributed by atoms with Gasteiger partial charge in [-0.25, -0.2) is 4.98 Å². The maximum absolute atomic E-state index is 13.6. The molecular formula is C37H48ClN9O5S. The number of halogens is 1. The smallest absolute Gasteiger partial charge is 0.249 e. The number of aromatic nitrogens is 2. The number of thiol groups is 1. The van der Waals surface area contributed by atoms with Crippen molar-refractivity contribution in [3.8, 4) is 6.07 Å². The lowest BCUT2D eigenvalue weighted by Crippen LogP contribution is -2.58. The highest BCUT2D eigenvalue weighted by Gasteiger charge is 2.54. The summed E-state index contributed by atoms with van der Waals surface area (Å²) in [5.41, 5.74) is 0.516. The molecule has 3 saturated heterocycles. The Labute approximate surface area is 321 Å². The van der Waals surface area contributed by atoms with Crippen LogP contribution in [0.3, 0.4) is 0 Å². The highest BCUT2D eigenvalue weighted by Crippen LogP contribution is 2.42. The number of amides is 4. The van der Waals surface area contributed by atoms with Crippen LogP contribution in [0.25, 0.3) is 0 Å². The largest absolute Gasteiger partial charge is 0.377 e. The summed E-state index contributed by atoms with van der Waals surface area (Å²) in [5, 5.41) is 14.7. The topological polar surface area (TPSA) is 164 Å². The van der Waals surface area contributed by atoms with Crippen molar-refractivity contribution in [1.29, 1.82) is 5.26 Å². The zero-order valence-corrected chi connectivity index (χ0v) is 32.3. The van der Waals surface area contributed by atoms with Gasteiger partial charge in [0.05, 0.1) is 65.2 Å². The number of nitriles is 1. The number of ether oxygens (including phenoxy) is 1. The highest BCUT2D eigenvalue weighted by molar-refractivity contribution is 7.81. The lowest BCUT2D eigenvalue weighted by atomic mass is 9.89. The predicted octanol–water partition coefficient (Wildman–Crippen LogP) is 3.52. The number of hydrogen-bond acceptors (Lipinski definition) is 12. The van der Waals surface area contributed by atoms with Gasteiger partial charge in [0.2, 0.25) is 23.6 Å². The SMILES string of the molecule is C[C@@H]1CN(CCOC2CCC(N3C(S)N(c4cnc(C#N)c(Cl)c4)C(=O)C3(C)C)CC2)C[C@H](C)N1CC(=O)Nc1ccc(C2CCC(=O)NC2=O)nc1. The zero-order chi connectivity index (χ0) is 38.0. The molecule has 0 aromatic carbocycles. The van der Waals surface area contributed by atoms with E-state index in [-0.39, 0.29) is 71.5 Å². The molecule has 0 spiro atoms. The summed E-state index contributed by atoms with van der Waals surface area (Å²) in [6.07, 6.45) is 7.46. The van der Waals surface area contributed by atoms with Gasteiger partial charge >= 0.3 is 0 Å². The number of imide groups is 1. The fraction of sp³-hybridized carbons (Fsp3) is 0.595. The van der Waals surface area contributed by atoms with Gasteiger partial charge in [0.1, 0.15) is 11.6 Å². The van der Waals surface area contributed by atoms with E-state index in [1.165, 1.54) is 6.20 Å². The number of carbonyl (C=O) groups excluding carboxylic acids is 4. The molecule has 53 heavy (non-hydrogen) atoms. The lowest BCUT2D eigenvalue weighted by Gasteiger charge is -2.44. The molecule has 3 aliphatic heterocycles. The number of piperazine rings is 1. The van der Waals surface area contributed by atoms with E-state index in [2.05, 4.69) is 49.1 Å². The second-order valence-electron chi connectivity index (χ2n) is 15.1. The fourth-order valence-corrected chi connectivity index (χ4v) is 9.21. The molecule has 1 aliphatic carbocycles. The summed E-state index contributed by atoms with van der Waals surface area (Å²) < 4.78 is 6.38. The van der Waals surface area contributed by atoms with Crippen molar-refractivity contribution in [2.75, 3.05) is 43.0 Å². The third-order valence-corrected chi connectivity index (χ3v) is 11.8. The second kappa shape index (κ2) is 16.4. The third kappa shape index (κ3) is 8.53. The maximum atomic E-state index is 13.6. The van der Waals surface area contributed by atoms with Crippen LogP contribution >= 0.6 is 24.2 Å². The Balaban J connectivity index is 0.924.